The molecule has 0 aliphatic heterocycles. The molecule has 0 radical (unpaired) electrons. The number of rotatable bonds is 8. The Balaban J connectivity index is 1.34. The normalized spacial score (nSPS) is 17.5. The van der Waals surface area contributed by atoms with Crippen LogP contribution in [0.5, 0.6) is 5.75 Å². The second kappa shape index (κ2) is 10.9. The Kier molecular flexibility index (Phi) is 7.54. The van der Waals surface area contributed by atoms with Gasteiger partial charge in [0, 0.05) is 7.05 Å². The number of carboxylic acids is 1. The third-order valence-corrected chi connectivity index (χ3v) is 5.86. The molecule has 1 saturated carbocycles. The van der Waals surface area contributed by atoms with E-state index in [4.69, 9.17) is 9.47 Å². The van der Waals surface area contributed by atoms with Crippen LogP contribution in [-0.2, 0) is 29.7 Å². The predicted molar refractivity (Wildman–Crippen MR) is 122 cm³/mol. The molecule has 1 fully saturated rings. The van der Waals surface area contributed by atoms with Gasteiger partial charge in [0.15, 0.2) is 0 Å². The van der Waals surface area contributed by atoms with Crippen molar-refractivity contribution in [3.05, 3.63) is 59.7 Å². The molecule has 0 spiro atoms. The van der Waals surface area contributed by atoms with Crippen LogP contribution in [0.1, 0.15) is 36.9 Å². The number of nitrogens with one attached hydrogen (secondary N) is 1. The van der Waals surface area contributed by atoms with Gasteiger partial charge in [-0.1, -0.05) is 17.3 Å². The molecular weight excluding hydrogens is 457 g/mol. The van der Waals surface area contributed by atoms with E-state index in [1.165, 1.54) is 16.8 Å². The van der Waals surface area contributed by atoms with Crippen molar-refractivity contribution in [2.75, 3.05) is 0 Å². The zero-order valence-corrected chi connectivity index (χ0v) is 19.2. The van der Waals surface area contributed by atoms with E-state index in [1.54, 1.807) is 37.5 Å². The molecule has 10 nitrogen and oxygen atoms in total. The highest BCUT2D eigenvalue weighted by atomic mass is 19.1. The van der Waals surface area contributed by atoms with Crippen LogP contribution in [-0.4, -0.2) is 43.3 Å². The quantitative estimate of drug-likeness (QED) is 0.498. The number of hydrogen-bond donors (Lipinski definition) is 2. The van der Waals surface area contributed by atoms with Gasteiger partial charge in [-0.25, -0.2) is 13.9 Å². The van der Waals surface area contributed by atoms with Gasteiger partial charge >= 0.3 is 12.1 Å². The summed E-state index contributed by atoms with van der Waals surface area (Å²) in [5, 5.41) is 20.1. The van der Waals surface area contributed by atoms with Gasteiger partial charge in [0.1, 0.15) is 23.9 Å². The number of hydrogen-bond acceptors (Lipinski definition) is 7. The highest BCUT2D eigenvalue weighted by Gasteiger charge is 2.28. The molecule has 2 atom stereocenters. The smallest absolute Gasteiger partial charge is 0.407 e. The van der Waals surface area contributed by atoms with Gasteiger partial charge in [-0.2, -0.15) is 0 Å². The van der Waals surface area contributed by atoms with Crippen LogP contribution in [0.2, 0.25) is 0 Å². The van der Waals surface area contributed by atoms with Crippen molar-refractivity contribution in [3.63, 3.8) is 0 Å². The SMILES string of the molecule is Cn1nnc(-c2ccc(O[C@H]3CCCC(C(=O)O)C3)cn2)c1CNC(=O)OCc1cccc(F)c1. The molecule has 4 rings (SSSR count). The largest absolute Gasteiger partial charge is 0.489 e. The fourth-order valence-corrected chi connectivity index (χ4v) is 4.02. The van der Waals surface area contributed by atoms with Crippen molar-refractivity contribution in [2.24, 2.45) is 13.0 Å². The highest BCUT2D eigenvalue weighted by molar-refractivity contribution is 5.70. The lowest BCUT2D eigenvalue weighted by atomic mass is 9.87. The number of benzene rings is 1. The van der Waals surface area contributed by atoms with E-state index in [1.807, 2.05) is 0 Å². The minimum Gasteiger partial charge on any atom is -0.489 e. The number of nitrogens with zero attached hydrogens (tertiary/aromatic N) is 4. The summed E-state index contributed by atoms with van der Waals surface area (Å²) in [7, 11) is 1.70. The average molecular weight is 484 g/mol. The molecule has 1 aliphatic rings. The summed E-state index contributed by atoms with van der Waals surface area (Å²) in [5.74, 6) is -1.01. The molecule has 1 aliphatic carbocycles. The van der Waals surface area contributed by atoms with E-state index in [-0.39, 0.29) is 25.2 Å². The van der Waals surface area contributed by atoms with Crippen LogP contribution in [0, 0.1) is 11.7 Å². The Morgan fingerprint density at radius 2 is 2.11 bits per heavy atom. The first-order chi connectivity index (χ1) is 16.9. The summed E-state index contributed by atoms with van der Waals surface area (Å²) < 4.78 is 25.9. The molecule has 184 valence electrons. The summed E-state index contributed by atoms with van der Waals surface area (Å²) in [6, 6.07) is 9.32. The molecule has 0 bridgehead atoms. The Morgan fingerprint density at radius 3 is 2.86 bits per heavy atom. The summed E-state index contributed by atoms with van der Waals surface area (Å²) in [6.45, 7) is 0.0384. The van der Waals surface area contributed by atoms with Crippen LogP contribution < -0.4 is 10.1 Å². The molecule has 2 N–H and O–H groups in total. The number of carboxylic acid groups (broad SMARTS) is 1. The van der Waals surface area contributed by atoms with Gasteiger partial charge < -0.3 is 19.9 Å². The third kappa shape index (κ3) is 6.31. The molecule has 1 amide bonds. The number of amides is 1. The first-order valence-electron chi connectivity index (χ1n) is 11.3. The number of halogens is 1. The number of carbonyl (C=O) groups excluding carboxylic acids is 1. The van der Waals surface area contributed by atoms with Crippen molar-refractivity contribution < 1.29 is 28.6 Å². The first kappa shape index (κ1) is 24.1. The summed E-state index contributed by atoms with van der Waals surface area (Å²) >= 11 is 0. The van der Waals surface area contributed by atoms with Gasteiger partial charge in [0.05, 0.1) is 36.2 Å². The highest BCUT2D eigenvalue weighted by Crippen LogP contribution is 2.28. The van der Waals surface area contributed by atoms with E-state index in [2.05, 4.69) is 20.6 Å². The number of pyridine rings is 1. The minimum atomic E-state index is -0.784. The van der Waals surface area contributed by atoms with Crippen LogP contribution in [0.3, 0.4) is 0 Å². The number of ether oxygens (including phenoxy) is 2. The van der Waals surface area contributed by atoms with E-state index < -0.39 is 17.9 Å². The summed E-state index contributed by atoms with van der Waals surface area (Å²) in [6.07, 6.45) is 3.52. The van der Waals surface area contributed by atoms with Crippen molar-refractivity contribution in [1.29, 1.82) is 0 Å². The lowest BCUT2D eigenvalue weighted by molar-refractivity contribution is -0.143. The molecule has 1 unspecified atom stereocenters. The number of aliphatic carboxylic acids is 1. The molecule has 2 aromatic heterocycles. The lowest BCUT2D eigenvalue weighted by Gasteiger charge is -2.27. The molecule has 1 aromatic carbocycles. The predicted octanol–water partition coefficient (Wildman–Crippen LogP) is 3.46. The second-order valence-corrected chi connectivity index (χ2v) is 8.39. The van der Waals surface area contributed by atoms with Crippen LogP contribution in [0.15, 0.2) is 42.6 Å². The summed E-state index contributed by atoms with van der Waals surface area (Å²) in [4.78, 5) is 27.8. The first-order valence-corrected chi connectivity index (χ1v) is 11.3. The van der Waals surface area contributed by atoms with E-state index >= 15 is 0 Å². The molecule has 11 heteroatoms. The minimum absolute atomic E-state index is 0.0582. The molecule has 3 aromatic rings. The summed E-state index contributed by atoms with van der Waals surface area (Å²) in [5.41, 5.74) is 2.20. The van der Waals surface area contributed by atoms with Gasteiger partial charge in [0.25, 0.3) is 0 Å². The van der Waals surface area contributed by atoms with E-state index in [9.17, 15) is 19.1 Å². The zero-order valence-electron chi connectivity index (χ0n) is 19.2. The Morgan fingerprint density at radius 1 is 1.26 bits per heavy atom. The van der Waals surface area contributed by atoms with Crippen molar-refractivity contribution in [1.82, 2.24) is 25.3 Å². The molecule has 2 heterocycles. The van der Waals surface area contributed by atoms with E-state index in [0.717, 1.165) is 12.8 Å². The lowest BCUT2D eigenvalue weighted by Crippen LogP contribution is -2.29. The third-order valence-electron chi connectivity index (χ3n) is 5.86. The van der Waals surface area contributed by atoms with Crippen LogP contribution in [0.4, 0.5) is 9.18 Å². The van der Waals surface area contributed by atoms with Crippen molar-refractivity contribution in [2.45, 2.75) is 44.9 Å². The van der Waals surface area contributed by atoms with Gasteiger partial charge in [-0.3, -0.25) is 9.78 Å². The second-order valence-electron chi connectivity index (χ2n) is 8.39. The maximum Gasteiger partial charge on any atom is 0.407 e. The topological polar surface area (TPSA) is 128 Å². The fourth-order valence-electron chi connectivity index (χ4n) is 4.02. The van der Waals surface area contributed by atoms with Gasteiger partial charge in [-0.15, -0.1) is 5.10 Å². The Labute approximate surface area is 201 Å². The van der Waals surface area contributed by atoms with Crippen LogP contribution in [0.25, 0.3) is 11.4 Å². The molecular formula is C24H26FN5O5. The zero-order chi connectivity index (χ0) is 24.8. The van der Waals surface area contributed by atoms with Gasteiger partial charge in [0.2, 0.25) is 0 Å². The standard InChI is InChI=1S/C24H26FN5O5/c1-30-21(13-27-24(33)34-14-15-4-2-6-17(25)10-15)22(28-29-30)20-9-8-19(12-26-20)35-18-7-3-5-16(11-18)23(31)32/h2,4,6,8-10,12,16,18H,3,5,7,11,13-14H2,1H3,(H,27,33)(H,31,32)/t16?,18-/m0/s1. The number of alkyl carbamates (subject to hydrolysis) is 1. The average Bonchev–Trinajstić information content (AvgIpc) is 3.22. The maximum atomic E-state index is 13.3. The van der Waals surface area contributed by atoms with Crippen molar-refractivity contribution >= 4 is 12.1 Å². The fraction of sp³-hybridized carbons (Fsp3) is 0.375. The van der Waals surface area contributed by atoms with Crippen LogP contribution >= 0.6 is 0 Å². The monoisotopic (exact) mass is 483 g/mol. The molecule has 0 saturated heterocycles. The Hall–Kier alpha value is -4.02. The maximum absolute atomic E-state index is 13.3. The number of aryl methyl sites for hydroxylation is 1. The van der Waals surface area contributed by atoms with E-state index in [0.29, 0.717) is 41.2 Å². The Bertz CT molecular complexity index is 1180. The number of carbonyl (C=O) groups is 2. The van der Waals surface area contributed by atoms with Crippen molar-refractivity contribution in [3.8, 4) is 17.1 Å². The van der Waals surface area contributed by atoms with Gasteiger partial charge in [-0.05, 0) is 55.5 Å². The number of aromatic nitrogens is 4. The molecule has 35 heavy (non-hydrogen) atoms.